The molecule has 1 N–H and O–H groups in total. The summed E-state index contributed by atoms with van der Waals surface area (Å²) < 4.78 is 5.26. The van der Waals surface area contributed by atoms with Crippen LogP contribution in [0.25, 0.3) is 0 Å². The monoisotopic (exact) mass is 193 g/mol. The number of methoxy groups -OCH3 is 1. The van der Waals surface area contributed by atoms with Crippen LogP contribution < -0.4 is 10.1 Å². The molecule has 1 rings (SSSR count). The number of rotatable bonds is 3. The minimum absolute atomic E-state index is 0.460. The molecule has 0 atom stereocenters. The number of aryl methyl sites for hydroxylation is 2. The summed E-state index contributed by atoms with van der Waals surface area (Å²) in [5, 5.41) is 3.41. The molecule has 0 aliphatic carbocycles. The zero-order valence-electron chi connectivity index (χ0n) is 9.64. The van der Waals surface area contributed by atoms with Gasteiger partial charge in [0, 0.05) is 11.7 Å². The van der Waals surface area contributed by atoms with Gasteiger partial charge in [0.05, 0.1) is 7.11 Å². The first kappa shape index (κ1) is 10.9. The lowest BCUT2D eigenvalue weighted by atomic mass is 10.1. The summed E-state index contributed by atoms with van der Waals surface area (Å²) in [7, 11) is 1.71. The van der Waals surface area contributed by atoms with Crippen molar-refractivity contribution in [2.75, 3.05) is 12.4 Å². The van der Waals surface area contributed by atoms with E-state index in [0.717, 1.165) is 5.75 Å². The number of nitrogens with one attached hydrogen (secondary N) is 1. The van der Waals surface area contributed by atoms with Gasteiger partial charge in [0.25, 0.3) is 0 Å². The first-order valence-electron chi connectivity index (χ1n) is 4.96. The lowest BCUT2D eigenvalue weighted by Gasteiger charge is -2.15. The van der Waals surface area contributed by atoms with Gasteiger partial charge in [0.15, 0.2) is 0 Å². The molecule has 2 heteroatoms. The van der Waals surface area contributed by atoms with E-state index in [9.17, 15) is 0 Å². The van der Waals surface area contributed by atoms with Crippen LogP contribution in [0.3, 0.4) is 0 Å². The molecule has 1 aromatic rings. The van der Waals surface area contributed by atoms with Crippen LogP contribution in [0.4, 0.5) is 5.69 Å². The number of hydrogen-bond acceptors (Lipinski definition) is 2. The van der Waals surface area contributed by atoms with Crippen LogP contribution in [-0.2, 0) is 0 Å². The highest BCUT2D eigenvalue weighted by Crippen LogP contribution is 2.26. The molecule has 0 radical (unpaired) electrons. The van der Waals surface area contributed by atoms with E-state index in [1.54, 1.807) is 7.11 Å². The molecule has 0 spiro atoms. The van der Waals surface area contributed by atoms with Crippen molar-refractivity contribution in [3.63, 3.8) is 0 Å². The molecule has 2 nitrogen and oxygen atoms in total. The van der Waals surface area contributed by atoms with Crippen molar-refractivity contribution in [1.82, 2.24) is 0 Å². The average molecular weight is 193 g/mol. The third kappa shape index (κ3) is 2.41. The quantitative estimate of drug-likeness (QED) is 0.796. The summed E-state index contributed by atoms with van der Waals surface area (Å²) >= 11 is 0. The molecule has 0 saturated carbocycles. The molecule has 0 amide bonds. The van der Waals surface area contributed by atoms with E-state index in [2.05, 4.69) is 45.1 Å². The molecular formula is C12H19NO. The topological polar surface area (TPSA) is 21.3 Å². The molecule has 14 heavy (non-hydrogen) atoms. The zero-order chi connectivity index (χ0) is 10.7. The molecule has 0 saturated heterocycles. The lowest BCUT2D eigenvalue weighted by molar-refractivity contribution is 0.411. The summed E-state index contributed by atoms with van der Waals surface area (Å²) in [6.45, 7) is 8.43. The zero-order valence-corrected chi connectivity index (χ0v) is 9.64. The Morgan fingerprint density at radius 1 is 1.14 bits per heavy atom. The average Bonchev–Trinajstić information content (AvgIpc) is 2.10. The van der Waals surface area contributed by atoms with Gasteiger partial charge >= 0.3 is 0 Å². The van der Waals surface area contributed by atoms with Crippen molar-refractivity contribution in [1.29, 1.82) is 0 Å². The first-order chi connectivity index (χ1) is 6.54. The normalized spacial score (nSPS) is 10.4. The summed E-state index contributed by atoms with van der Waals surface area (Å²) in [6.07, 6.45) is 0. The Balaban J connectivity index is 3.02. The predicted octanol–water partition coefficient (Wildman–Crippen LogP) is 3.13. The number of ether oxygens (including phenoxy) is 1. The van der Waals surface area contributed by atoms with Crippen molar-refractivity contribution >= 4 is 5.69 Å². The van der Waals surface area contributed by atoms with E-state index in [-0.39, 0.29) is 0 Å². The fourth-order valence-electron chi connectivity index (χ4n) is 1.48. The first-order valence-corrected chi connectivity index (χ1v) is 4.96. The van der Waals surface area contributed by atoms with Gasteiger partial charge in [0.1, 0.15) is 5.75 Å². The van der Waals surface area contributed by atoms with E-state index < -0.39 is 0 Å². The second kappa shape index (κ2) is 4.36. The Hall–Kier alpha value is -1.18. The van der Waals surface area contributed by atoms with Crippen LogP contribution in [0.2, 0.25) is 0 Å². The van der Waals surface area contributed by atoms with Crippen molar-refractivity contribution < 1.29 is 4.74 Å². The molecule has 0 aliphatic rings. The minimum Gasteiger partial charge on any atom is -0.496 e. The number of benzene rings is 1. The molecular weight excluding hydrogens is 174 g/mol. The number of anilines is 1. The highest BCUT2D eigenvalue weighted by atomic mass is 16.5. The van der Waals surface area contributed by atoms with Gasteiger partial charge in [0.2, 0.25) is 0 Å². The molecule has 0 bridgehead atoms. The maximum atomic E-state index is 5.26. The van der Waals surface area contributed by atoms with Gasteiger partial charge in [-0.25, -0.2) is 0 Å². The van der Waals surface area contributed by atoms with Crippen LogP contribution in [0.1, 0.15) is 25.0 Å². The van der Waals surface area contributed by atoms with Gasteiger partial charge < -0.3 is 10.1 Å². The molecule has 0 heterocycles. The molecule has 0 fully saturated rings. The Kier molecular flexibility index (Phi) is 3.39. The Bertz CT molecular complexity index is 318. The summed E-state index contributed by atoms with van der Waals surface area (Å²) in [6, 6.07) is 4.66. The standard InChI is InChI=1S/C12H19NO/c1-8(2)13-11-6-10(4)12(14-5)7-9(11)3/h6-8,13H,1-5H3. The molecule has 0 unspecified atom stereocenters. The molecule has 0 aliphatic heterocycles. The Morgan fingerprint density at radius 2 is 1.79 bits per heavy atom. The molecule has 0 aromatic heterocycles. The van der Waals surface area contributed by atoms with Gasteiger partial charge in [-0.2, -0.15) is 0 Å². The Morgan fingerprint density at radius 3 is 2.29 bits per heavy atom. The number of hydrogen-bond donors (Lipinski definition) is 1. The van der Waals surface area contributed by atoms with Crippen molar-refractivity contribution in [3.05, 3.63) is 23.3 Å². The van der Waals surface area contributed by atoms with Crippen LogP contribution >= 0.6 is 0 Å². The second-order valence-corrected chi connectivity index (χ2v) is 3.94. The molecule has 1 aromatic carbocycles. The minimum atomic E-state index is 0.460. The summed E-state index contributed by atoms with van der Waals surface area (Å²) in [4.78, 5) is 0. The van der Waals surface area contributed by atoms with E-state index in [0.29, 0.717) is 6.04 Å². The van der Waals surface area contributed by atoms with Gasteiger partial charge in [-0.15, -0.1) is 0 Å². The van der Waals surface area contributed by atoms with E-state index in [1.165, 1.54) is 16.8 Å². The van der Waals surface area contributed by atoms with Crippen molar-refractivity contribution in [2.24, 2.45) is 0 Å². The maximum absolute atomic E-state index is 5.26. The van der Waals surface area contributed by atoms with Crippen LogP contribution in [0.15, 0.2) is 12.1 Å². The van der Waals surface area contributed by atoms with Crippen LogP contribution in [0.5, 0.6) is 5.75 Å². The smallest absolute Gasteiger partial charge is 0.122 e. The van der Waals surface area contributed by atoms with Gasteiger partial charge in [-0.3, -0.25) is 0 Å². The third-order valence-electron chi connectivity index (χ3n) is 2.19. The van der Waals surface area contributed by atoms with E-state index >= 15 is 0 Å². The van der Waals surface area contributed by atoms with Gasteiger partial charge in [-0.05, 0) is 51.0 Å². The Labute approximate surface area is 86.3 Å². The van der Waals surface area contributed by atoms with E-state index in [4.69, 9.17) is 4.74 Å². The van der Waals surface area contributed by atoms with Crippen molar-refractivity contribution in [3.8, 4) is 5.75 Å². The largest absolute Gasteiger partial charge is 0.496 e. The maximum Gasteiger partial charge on any atom is 0.122 e. The fraction of sp³-hybridized carbons (Fsp3) is 0.500. The van der Waals surface area contributed by atoms with E-state index in [1.807, 2.05) is 0 Å². The lowest BCUT2D eigenvalue weighted by Crippen LogP contribution is -2.11. The van der Waals surface area contributed by atoms with Crippen molar-refractivity contribution in [2.45, 2.75) is 33.7 Å². The summed E-state index contributed by atoms with van der Waals surface area (Å²) in [5.41, 5.74) is 3.58. The SMILES string of the molecule is COc1cc(C)c(NC(C)C)cc1C. The fourth-order valence-corrected chi connectivity index (χ4v) is 1.48. The summed E-state index contributed by atoms with van der Waals surface area (Å²) in [5.74, 6) is 0.955. The third-order valence-corrected chi connectivity index (χ3v) is 2.19. The van der Waals surface area contributed by atoms with Gasteiger partial charge in [-0.1, -0.05) is 0 Å². The second-order valence-electron chi connectivity index (χ2n) is 3.94. The van der Waals surface area contributed by atoms with Crippen LogP contribution in [-0.4, -0.2) is 13.2 Å². The predicted molar refractivity (Wildman–Crippen MR) is 61.2 cm³/mol. The van der Waals surface area contributed by atoms with Crippen LogP contribution in [0, 0.1) is 13.8 Å². The molecule has 78 valence electrons. The highest BCUT2D eigenvalue weighted by Gasteiger charge is 2.05. The highest BCUT2D eigenvalue weighted by molar-refractivity contribution is 5.57.